The van der Waals surface area contributed by atoms with E-state index in [1.54, 1.807) is 18.2 Å². The fraction of sp³-hybridized carbons (Fsp3) is 0.200. The number of anilines is 1. The van der Waals surface area contributed by atoms with Gasteiger partial charge in [-0.1, -0.05) is 18.2 Å². The monoisotopic (exact) mass is 444 g/mol. The van der Waals surface area contributed by atoms with Crippen LogP contribution in [0.25, 0.3) is 10.9 Å². The van der Waals surface area contributed by atoms with Crippen LogP contribution < -0.4 is 14.8 Å². The molecule has 8 heteroatoms. The first-order valence-electron chi connectivity index (χ1n) is 8.70. The molecular formula is C20H17BrN2O5. The molecule has 2 N–H and O–H groups in total. The molecule has 144 valence electrons. The second kappa shape index (κ2) is 7.55. The van der Waals surface area contributed by atoms with Crippen LogP contribution in [-0.4, -0.2) is 36.2 Å². The number of benzene rings is 2. The molecule has 1 aromatic heterocycles. The number of ether oxygens (including phenoxy) is 3. The number of amides is 1. The van der Waals surface area contributed by atoms with E-state index in [4.69, 9.17) is 14.2 Å². The highest BCUT2D eigenvalue weighted by atomic mass is 79.9. The molecule has 0 spiro atoms. The minimum atomic E-state index is -0.987. The Hall–Kier alpha value is -3.00. The molecule has 1 aliphatic rings. The van der Waals surface area contributed by atoms with Gasteiger partial charge in [-0.15, -0.1) is 0 Å². The highest BCUT2D eigenvalue weighted by Crippen LogP contribution is 2.33. The Bertz CT molecular complexity index is 1060. The van der Waals surface area contributed by atoms with Crippen LogP contribution in [-0.2, 0) is 9.53 Å². The third kappa shape index (κ3) is 3.55. The van der Waals surface area contributed by atoms with Gasteiger partial charge >= 0.3 is 5.97 Å². The molecule has 1 aliphatic heterocycles. The smallest absolute Gasteiger partial charge is 0.356 e. The number of esters is 1. The van der Waals surface area contributed by atoms with E-state index in [1.807, 2.05) is 24.3 Å². The fourth-order valence-electron chi connectivity index (χ4n) is 2.89. The largest absolute Gasteiger partial charge is 0.486 e. The van der Waals surface area contributed by atoms with Gasteiger partial charge in [-0.05, 0) is 41.1 Å². The Labute approximate surface area is 169 Å². The van der Waals surface area contributed by atoms with Crippen molar-refractivity contribution in [1.82, 2.24) is 4.98 Å². The van der Waals surface area contributed by atoms with Gasteiger partial charge in [0.05, 0.1) is 4.47 Å². The van der Waals surface area contributed by atoms with Crippen molar-refractivity contribution >= 4 is 44.4 Å². The second-order valence-corrected chi connectivity index (χ2v) is 7.05. The number of fused-ring (bicyclic) bond motifs is 2. The molecule has 4 rings (SSSR count). The molecule has 1 unspecified atom stereocenters. The zero-order valence-electron chi connectivity index (χ0n) is 15.0. The van der Waals surface area contributed by atoms with Gasteiger partial charge in [-0.2, -0.15) is 0 Å². The number of carbonyl (C=O) groups excluding carboxylic acids is 2. The number of para-hydroxylation sites is 1. The van der Waals surface area contributed by atoms with Crippen LogP contribution in [0, 0.1) is 0 Å². The van der Waals surface area contributed by atoms with E-state index in [2.05, 4.69) is 26.2 Å². The summed E-state index contributed by atoms with van der Waals surface area (Å²) in [6.45, 7) is 2.47. The Balaban J connectivity index is 1.44. The van der Waals surface area contributed by atoms with Crippen molar-refractivity contribution in [2.75, 3.05) is 18.5 Å². The zero-order valence-corrected chi connectivity index (χ0v) is 16.5. The van der Waals surface area contributed by atoms with Gasteiger partial charge in [0.25, 0.3) is 5.91 Å². The molecule has 28 heavy (non-hydrogen) atoms. The Morgan fingerprint density at radius 2 is 1.89 bits per heavy atom. The van der Waals surface area contributed by atoms with Crippen molar-refractivity contribution in [1.29, 1.82) is 0 Å². The molecule has 3 aromatic rings. The van der Waals surface area contributed by atoms with Crippen LogP contribution in [0.15, 0.2) is 46.9 Å². The molecule has 2 aromatic carbocycles. The average Bonchev–Trinajstić information content (AvgIpc) is 3.05. The van der Waals surface area contributed by atoms with E-state index in [0.29, 0.717) is 34.9 Å². The first-order chi connectivity index (χ1) is 13.5. The lowest BCUT2D eigenvalue weighted by Gasteiger charge is -2.19. The first-order valence-corrected chi connectivity index (χ1v) is 9.50. The molecule has 0 aliphatic carbocycles. The molecule has 0 saturated heterocycles. The summed E-state index contributed by atoms with van der Waals surface area (Å²) < 4.78 is 16.9. The van der Waals surface area contributed by atoms with Gasteiger partial charge in [-0.3, -0.25) is 4.79 Å². The molecule has 7 nitrogen and oxygen atoms in total. The van der Waals surface area contributed by atoms with Gasteiger partial charge < -0.3 is 24.5 Å². The maximum absolute atomic E-state index is 12.5. The van der Waals surface area contributed by atoms with Crippen LogP contribution >= 0.6 is 15.9 Å². The molecular weight excluding hydrogens is 428 g/mol. The minimum Gasteiger partial charge on any atom is -0.486 e. The second-order valence-electron chi connectivity index (χ2n) is 6.25. The summed E-state index contributed by atoms with van der Waals surface area (Å²) in [6.07, 6.45) is -0.987. The summed E-state index contributed by atoms with van der Waals surface area (Å²) in [6, 6.07) is 12.6. The molecule has 0 fully saturated rings. The highest BCUT2D eigenvalue weighted by Gasteiger charge is 2.23. The van der Waals surface area contributed by atoms with Crippen LogP contribution in [0.3, 0.4) is 0 Å². The first kappa shape index (κ1) is 18.4. The lowest BCUT2D eigenvalue weighted by molar-refractivity contribution is -0.123. The third-order valence-corrected chi connectivity index (χ3v) is 5.13. The van der Waals surface area contributed by atoms with Gasteiger partial charge in [0.15, 0.2) is 17.6 Å². The lowest BCUT2D eigenvalue weighted by atomic mass is 10.2. The predicted molar refractivity (Wildman–Crippen MR) is 107 cm³/mol. The van der Waals surface area contributed by atoms with Gasteiger partial charge in [0, 0.05) is 22.7 Å². The summed E-state index contributed by atoms with van der Waals surface area (Å²) in [4.78, 5) is 27.9. The molecule has 1 amide bonds. The van der Waals surface area contributed by atoms with Crippen LogP contribution in [0.5, 0.6) is 11.5 Å². The SMILES string of the molecule is CC(OC(=O)c1[nH]c2ccccc2c1Br)C(=O)Nc1ccc2c(c1)OCCO2. The quantitative estimate of drug-likeness (QED) is 0.595. The summed E-state index contributed by atoms with van der Waals surface area (Å²) in [5.74, 6) is 0.133. The normalized spacial score (nSPS) is 13.8. The van der Waals surface area contributed by atoms with Crippen molar-refractivity contribution in [3.05, 3.63) is 52.6 Å². The molecule has 0 saturated carbocycles. The topological polar surface area (TPSA) is 89.7 Å². The Morgan fingerprint density at radius 3 is 2.68 bits per heavy atom. The van der Waals surface area contributed by atoms with E-state index >= 15 is 0 Å². The maximum Gasteiger partial charge on any atom is 0.356 e. The van der Waals surface area contributed by atoms with E-state index in [1.165, 1.54) is 6.92 Å². The highest BCUT2D eigenvalue weighted by molar-refractivity contribution is 9.10. The minimum absolute atomic E-state index is 0.264. The lowest BCUT2D eigenvalue weighted by Crippen LogP contribution is -2.30. The van der Waals surface area contributed by atoms with Crippen LogP contribution in [0.1, 0.15) is 17.4 Å². The Morgan fingerprint density at radius 1 is 1.14 bits per heavy atom. The third-order valence-electron chi connectivity index (χ3n) is 4.31. The average molecular weight is 445 g/mol. The van der Waals surface area contributed by atoms with Crippen LogP contribution in [0.2, 0.25) is 0 Å². The Kier molecular flexibility index (Phi) is 4.95. The van der Waals surface area contributed by atoms with E-state index in [9.17, 15) is 9.59 Å². The van der Waals surface area contributed by atoms with Crippen molar-refractivity contribution in [3.63, 3.8) is 0 Å². The zero-order chi connectivity index (χ0) is 19.7. The molecule has 0 radical (unpaired) electrons. The van der Waals surface area contributed by atoms with Gasteiger partial charge in [0.2, 0.25) is 0 Å². The van der Waals surface area contributed by atoms with E-state index in [0.717, 1.165) is 10.9 Å². The number of hydrogen-bond donors (Lipinski definition) is 2. The van der Waals surface area contributed by atoms with Crippen molar-refractivity contribution < 1.29 is 23.8 Å². The number of carbonyl (C=O) groups is 2. The summed E-state index contributed by atoms with van der Waals surface area (Å²) in [5, 5.41) is 3.58. The van der Waals surface area contributed by atoms with Crippen LogP contribution in [0.4, 0.5) is 5.69 Å². The number of aromatic amines is 1. The van der Waals surface area contributed by atoms with E-state index < -0.39 is 18.0 Å². The summed E-state index contributed by atoms with van der Waals surface area (Å²) >= 11 is 3.41. The molecule has 0 bridgehead atoms. The number of nitrogens with one attached hydrogen (secondary N) is 2. The number of rotatable bonds is 4. The number of H-pyrrole nitrogens is 1. The van der Waals surface area contributed by atoms with Crippen molar-refractivity contribution in [3.8, 4) is 11.5 Å². The number of halogens is 1. The van der Waals surface area contributed by atoms with Gasteiger partial charge in [-0.25, -0.2) is 4.79 Å². The van der Waals surface area contributed by atoms with Crippen molar-refractivity contribution in [2.24, 2.45) is 0 Å². The molecule has 1 atom stereocenters. The molecule has 2 heterocycles. The van der Waals surface area contributed by atoms with Gasteiger partial charge in [0.1, 0.15) is 18.9 Å². The van der Waals surface area contributed by atoms with Crippen molar-refractivity contribution in [2.45, 2.75) is 13.0 Å². The summed E-state index contributed by atoms with van der Waals surface area (Å²) in [5.41, 5.74) is 1.60. The number of hydrogen-bond acceptors (Lipinski definition) is 5. The predicted octanol–water partition coefficient (Wildman–Crippen LogP) is 3.89. The van der Waals surface area contributed by atoms with E-state index in [-0.39, 0.29) is 5.69 Å². The number of aromatic nitrogens is 1. The fourth-order valence-corrected chi connectivity index (χ4v) is 3.49. The summed E-state index contributed by atoms with van der Waals surface area (Å²) in [7, 11) is 0. The standard InChI is InChI=1S/C20H17BrN2O5/c1-11(19(24)22-12-6-7-15-16(10-12)27-9-8-26-15)28-20(25)18-17(21)13-4-2-3-5-14(13)23-18/h2-7,10-11,23H,8-9H2,1H3,(H,22,24). The maximum atomic E-state index is 12.5.